The molecule has 1 aliphatic heterocycles. The highest BCUT2D eigenvalue weighted by atomic mass is 32.1. The van der Waals surface area contributed by atoms with Gasteiger partial charge in [-0.2, -0.15) is 0 Å². The van der Waals surface area contributed by atoms with Gasteiger partial charge in [0.15, 0.2) is 0 Å². The number of aliphatic hydroxyl groups is 1. The first-order chi connectivity index (χ1) is 6.27. The minimum Gasteiger partial charge on any atom is -0.501 e. The number of hydrogen-bond donors (Lipinski definition) is 1. The highest BCUT2D eigenvalue weighted by Crippen LogP contribution is 2.29. The van der Waals surface area contributed by atoms with Gasteiger partial charge in [0.2, 0.25) is 0 Å². The summed E-state index contributed by atoms with van der Waals surface area (Å²) in [5, 5.41) is 11.9. The zero-order valence-corrected chi connectivity index (χ0v) is 8.30. The molecule has 1 aromatic heterocycles. The second-order valence-corrected chi connectivity index (χ2v) is 4.32. The van der Waals surface area contributed by atoms with Crippen LogP contribution in [0, 0.1) is 6.92 Å². The standard InChI is InChI=1S/C10H12O2S/c1-7-4-9(6-13-7)10(11)8-2-3-12-5-8/h4-6,10-11H,2-3H2,1H3. The van der Waals surface area contributed by atoms with Crippen molar-refractivity contribution in [2.45, 2.75) is 19.4 Å². The summed E-state index contributed by atoms with van der Waals surface area (Å²) in [4.78, 5) is 1.23. The Morgan fingerprint density at radius 2 is 2.46 bits per heavy atom. The Morgan fingerprint density at radius 1 is 1.62 bits per heavy atom. The third kappa shape index (κ3) is 1.76. The molecule has 0 amide bonds. The van der Waals surface area contributed by atoms with E-state index in [-0.39, 0.29) is 0 Å². The molecule has 1 aromatic rings. The first kappa shape index (κ1) is 8.78. The number of rotatable bonds is 2. The van der Waals surface area contributed by atoms with Crippen LogP contribution in [-0.2, 0) is 4.74 Å². The van der Waals surface area contributed by atoms with Crippen LogP contribution in [0.2, 0.25) is 0 Å². The lowest BCUT2D eigenvalue weighted by molar-refractivity contribution is 0.213. The Hall–Kier alpha value is -0.800. The van der Waals surface area contributed by atoms with Crippen molar-refractivity contribution in [2.75, 3.05) is 6.61 Å². The highest BCUT2D eigenvalue weighted by molar-refractivity contribution is 7.10. The van der Waals surface area contributed by atoms with Gasteiger partial charge in [-0.3, -0.25) is 0 Å². The van der Waals surface area contributed by atoms with E-state index in [2.05, 4.69) is 0 Å². The largest absolute Gasteiger partial charge is 0.501 e. The van der Waals surface area contributed by atoms with Crippen molar-refractivity contribution in [2.24, 2.45) is 0 Å². The fourth-order valence-corrected chi connectivity index (χ4v) is 2.15. The maximum atomic E-state index is 9.89. The molecule has 0 radical (unpaired) electrons. The van der Waals surface area contributed by atoms with Crippen LogP contribution in [0.5, 0.6) is 0 Å². The number of aliphatic hydroxyl groups excluding tert-OH is 1. The lowest BCUT2D eigenvalue weighted by atomic mass is 10.0. The van der Waals surface area contributed by atoms with Crippen LogP contribution >= 0.6 is 11.3 Å². The maximum absolute atomic E-state index is 9.89. The minimum absolute atomic E-state index is 0.465. The van der Waals surface area contributed by atoms with Crippen molar-refractivity contribution in [1.29, 1.82) is 0 Å². The first-order valence-electron chi connectivity index (χ1n) is 4.31. The summed E-state index contributed by atoms with van der Waals surface area (Å²) in [7, 11) is 0. The first-order valence-corrected chi connectivity index (χ1v) is 5.19. The molecule has 13 heavy (non-hydrogen) atoms. The molecule has 3 heteroatoms. The molecule has 0 spiro atoms. The number of thiophene rings is 1. The van der Waals surface area contributed by atoms with Crippen LogP contribution in [0.4, 0.5) is 0 Å². The fraction of sp³-hybridized carbons (Fsp3) is 0.400. The predicted molar refractivity (Wildman–Crippen MR) is 52.7 cm³/mol. The van der Waals surface area contributed by atoms with E-state index in [1.54, 1.807) is 17.6 Å². The third-order valence-corrected chi connectivity index (χ3v) is 3.04. The second-order valence-electron chi connectivity index (χ2n) is 3.21. The molecule has 2 heterocycles. The fourth-order valence-electron chi connectivity index (χ4n) is 1.42. The van der Waals surface area contributed by atoms with Crippen LogP contribution in [-0.4, -0.2) is 11.7 Å². The summed E-state index contributed by atoms with van der Waals surface area (Å²) in [6.45, 7) is 2.75. The second kappa shape index (κ2) is 3.52. The SMILES string of the molecule is Cc1cc(C(O)C2=COCC2)cs1. The van der Waals surface area contributed by atoms with E-state index in [4.69, 9.17) is 4.74 Å². The van der Waals surface area contributed by atoms with Crippen LogP contribution in [0.3, 0.4) is 0 Å². The van der Waals surface area contributed by atoms with E-state index >= 15 is 0 Å². The van der Waals surface area contributed by atoms with Crippen molar-refractivity contribution in [3.63, 3.8) is 0 Å². The number of ether oxygens (including phenoxy) is 1. The lowest BCUT2D eigenvalue weighted by Crippen LogP contribution is -1.98. The molecule has 1 unspecified atom stereocenters. The number of hydrogen-bond acceptors (Lipinski definition) is 3. The van der Waals surface area contributed by atoms with E-state index in [9.17, 15) is 5.11 Å². The molecule has 70 valence electrons. The molecule has 0 bridgehead atoms. The zero-order chi connectivity index (χ0) is 9.26. The molecule has 0 aliphatic carbocycles. The van der Waals surface area contributed by atoms with E-state index < -0.39 is 6.10 Å². The van der Waals surface area contributed by atoms with Gasteiger partial charge in [0.25, 0.3) is 0 Å². The zero-order valence-electron chi connectivity index (χ0n) is 7.49. The molecule has 1 N–H and O–H groups in total. The van der Waals surface area contributed by atoms with Crippen molar-refractivity contribution >= 4 is 11.3 Å². The van der Waals surface area contributed by atoms with Gasteiger partial charge >= 0.3 is 0 Å². The molecule has 0 saturated heterocycles. The summed E-state index contributed by atoms with van der Waals surface area (Å²) in [5.74, 6) is 0. The van der Waals surface area contributed by atoms with E-state index in [1.165, 1.54) is 4.88 Å². The van der Waals surface area contributed by atoms with E-state index in [0.717, 1.165) is 17.6 Å². The van der Waals surface area contributed by atoms with Crippen molar-refractivity contribution in [3.05, 3.63) is 33.7 Å². The van der Waals surface area contributed by atoms with Crippen LogP contribution in [0.15, 0.2) is 23.3 Å². The summed E-state index contributed by atoms with van der Waals surface area (Å²) < 4.78 is 5.09. The summed E-state index contributed by atoms with van der Waals surface area (Å²) in [6.07, 6.45) is 2.06. The third-order valence-electron chi connectivity index (χ3n) is 2.16. The molecule has 1 atom stereocenters. The predicted octanol–water partition coefficient (Wildman–Crippen LogP) is 2.39. The van der Waals surface area contributed by atoms with Gasteiger partial charge < -0.3 is 9.84 Å². The van der Waals surface area contributed by atoms with Crippen LogP contribution < -0.4 is 0 Å². The minimum atomic E-state index is -0.465. The van der Waals surface area contributed by atoms with Gasteiger partial charge in [0, 0.05) is 16.9 Å². The summed E-state index contributed by atoms with van der Waals surface area (Å²) in [6, 6.07) is 2.02. The monoisotopic (exact) mass is 196 g/mol. The van der Waals surface area contributed by atoms with Gasteiger partial charge in [-0.05, 0) is 23.9 Å². The van der Waals surface area contributed by atoms with Gasteiger partial charge in [-0.1, -0.05) is 0 Å². The maximum Gasteiger partial charge on any atom is 0.104 e. The van der Waals surface area contributed by atoms with Gasteiger partial charge in [0.05, 0.1) is 12.9 Å². The average molecular weight is 196 g/mol. The molecule has 0 aromatic carbocycles. The molecule has 0 fully saturated rings. The molecule has 1 aliphatic rings. The quantitative estimate of drug-likeness (QED) is 0.787. The summed E-state index contributed by atoms with van der Waals surface area (Å²) in [5.41, 5.74) is 1.97. The number of aryl methyl sites for hydroxylation is 1. The Kier molecular flexibility index (Phi) is 2.38. The Morgan fingerprint density at radius 3 is 3.00 bits per heavy atom. The van der Waals surface area contributed by atoms with E-state index in [0.29, 0.717) is 6.61 Å². The lowest BCUT2D eigenvalue weighted by Gasteiger charge is -2.07. The van der Waals surface area contributed by atoms with Gasteiger partial charge in [-0.25, -0.2) is 0 Å². The van der Waals surface area contributed by atoms with Gasteiger partial charge in [-0.15, -0.1) is 11.3 Å². The van der Waals surface area contributed by atoms with Crippen molar-refractivity contribution in [1.82, 2.24) is 0 Å². The Bertz CT molecular complexity index is 327. The molecule has 0 saturated carbocycles. The molecular weight excluding hydrogens is 184 g/mol. The molecule has 2 rings (SSSR count). The molecule has 2 nitrogen and oxygen atoms in total. The van der Waals surface area contributed by atoms with Crippen molar-refractivity contribution < 1.29 is 9.84 Å². The summed E-state index contributed by atoms with van der Waals surface area (Å²) >= 11 is 1.66. The van der Waals surface area contributed by atoms with Gasteiger partial charge in [0.1, 0.15) is 6.10 Å². The van der Waals surface area contributed by atoms with E-state index in [1.807, 2.05) is 18.4 Å². The Balaban J connectivity index is 2.16. The topological polar surface area (TPSA) is 29.5 Å². The normalized spacial score (nSPS) is 18.2. The molecular formula is C10H12O2S. The highest BCUT2D eigenvalue weighted by Gasteiger charge is 2.17. The van der Waals surface area contributed by atoms with Crippen LogP contribution in [0.25, 0.3) is 0 Å². The van der Waals surface area contributed by atoms with Crippen molar-refractivity contribution in [3.8, 4) is 0 Å². The Labute approximate surface area is 81.5 Å². The van der Waals surface area contributed by atoms with Crippen LogP contribution in [0.1, 0.15) is 23.0 Å². The average Bonchev–Trinajstić information content (AvgIpc) is 2.72. The smallest absolute Gasteiger partial charge is 0.104 e.